The average Bonchev–Trinajstić information content (AvgIpc) is 2.81. The Labute approximate surface area is 110 Å². The molecule has 1 aromatic heterocycles. The SMILES string of the molecule is O=C(O)c1cc(C(=O)c2cc(F)ccc2Br)c[nH]1. The van der Waals surface area contributed by atoms with Gasteiger partial charge in [0.2, 0.25) is 0 Å². The van der Waals surface area contributed by atoms with E-state index in [0.717, 1.165) is 6.07 Å². The standard InChI is InChI=1S/C12H7BrFNO3/c13-9-2-1-7(14)4-8(9)11(16)6-3-10(12(17)18)15-5-6/h1-5,15H,(H,17,18). The summed E-state index contributed by atoms with van der Waals surface area (Å²) in [5.41, 5.74) is 0.218. The summed E-state index contributed by atoms with van der Waals surface area (Å²) in [5.74, 6) is -2.15. The lowest BCUT2D eigenvalue weighted by Crippen LogP contribution is -2.02. The molecule has 0 radical (unpaired) electrons. The van der Waals surface area contributed by atoms with Crippen LogP contribution in [-0.4, -0.2) is 21.8 Å². The van der Waals surface area contributed by atoms with Gasteiger partial charge in [0, 0.05) is 21.8 Å². The quantitative estimate of drug-likeness (QED) is 0.856. The number of aromatic nitrogens is 1. The number of carboxylic acid groups (broad SMARTS) is 1. The Morgan fingerprint density at radius 1 is 1.28 bits per heavy atom. The molecule has 0 fully saturated rings. The lowest BCUT2D eigenvalue weighted by atomic mass is 10.1. The molecule has 0 spiro atoms. The largest absolute Gasteiger partial charge is 0.477 e. The second-order valence-electron chi connectivity index (χ2n) is 3.56. The van der Waals surface area contributed by atoms with Crippen LogP contribution in [0.25, 0.3) is 0 Å². The van der Waals surface area contributed by atoms with E-state index < -0.39 is 17.6 Å². The van der Waals surface area contributed by atoms with Crippen molar-refractivity contribution >= 4 is 27.7 Å². The molecule has 0 bridgehead atoms. The van der Waals surface area contributed by atoms with Gasteiger partial charge in [-0.1, -0.05) is 15.9 Å². The predicted molar refractivity (Wildman–Crippen MR) is 65.3 cm³/mol. The van der Waals surface area contributed by atoms with Crippen LogP contribution in [0.3, 0.4) is 0 Å². The number of carbonyl (C=O) groups excluding carboxylic acids is 1. The van der Waals surface area contributed by atoms with Crippen LogP contribution in [0.2, 0.25) is 0 Å². The molecule has 0 unspecified atom stereocenters. The summed E-state index contributed by atoms with van der Waals surface area (Å²) in [6.07, 6.45) is 1.28. The minimum Gasteiger partial charge on any atom is -0.477 e. The van der Waals surface area contributed by atoms with Gasteiger partial charge in [-0.15, -0.1) is 0 Å². The van der Waals surface area contributed by atoms with Crippen LogP contribution in [0, 0.1) is 5.82 Å². The molecule has 92 valence electrons. The van der Waals surface area contributed by atoms with Crippen molar-refractivity contribution in [3.63, 3.8) is 0 Å². The van der Waals surface area contributed by atoms with Gasteiger partial charge >= 0.3 is 5.97 Å². The van der Waals surface area contributed by atoms with Crippen molar-refractivity contribution in [3.8, 4) is 0 Å². The second kappa shape index (κ2) is 4.73. The van der Waals surface area contributed by atoms with Crippen molar-refractivity contribution in [2.24, 2.45) is 0 Å². The topological polar surface area (TPSA) is 70.2 Å². The van der Waals surface area contributed by atoms with Crippen molar-refractivity contribution < 1.29 is 19.1 Å². The molecule has 0 amide bonds. The second-order valence-corrected chi connectivity index (χ2v) is 4.41. The lowest BCUT2D eigenvalue weighted by Gasteiger charge is -2.01. The van der Waals surface area contributed by atoms with Crippen molar-refractivity contribution in [3.05, 3.63) is 57.6 Å². The zero-order chi connectivity index (χ0) is 13.3. The third-order valence-corrected chi connectivity index (χ3v) is 3.04. The number of aromatic amines is 1. The van der Waals surface area contributed by atoms with Crippen molar-refractivity contribution in [1.29, 1.82) is 0 Å². The molecule has 0 saturated heterocycles. The van der Waals surface area contributed by atoms with Gasteiger partial charge in [-0.2, -0.15) is 0 Å². The fourth-order valence-electron chi connectivity index (χ4n) is 1.48. The number of hydrogen-bond donors (Lipinski definition) is 2. The minimum atomic E-state index is -1.16. The van der Waals surface area contributed by atoms with Crippen molar-refractivity contribution in [1.82, 2.24) is 4.98 Å². The van der Waals surface area contributed by atoms with Crippen LogP contribution in [0.1, 0.15) is 26.4 Å². The number of nitrogens with one attached hydrogen (secondary N) is 1. The molecular weight excluding hydrogens is 305 g/mol. The van der Waals surface area contributed by atoms with Crippen molar-refractivity contribution in [2.45, 2.75) is 0 Å². The van der Waals surface area contributed by atoms with Gasteiger partial charge in [0.15, 0.2) is 5.78 Å². The molecule has 0 atom stereocenters. The summed E-state index contributed by atoms with van der Waals surface area (Å²) in [6.45, 7) is 0. The number of benzene rings is 1. The fraction of sp³-hybridized carbons (Fsp3) is 0. The number of carbonyl (C=O) groups is 2. The van der Waals surface area contributed by atoms with Crippen LogP contribution in [0.5, 0.6) is 0 Å². The summed E-state index contributed by atoms with van der Waals surface area (Å²) in [5, 5.41) is 8.74. The molecule has 0 saturated carbocycles. The molecule has 2 aromatic rings. The monoisotopic (exact) mass is 311 g/mol. The molecule has 0 aliphatic heterocycles. The number of H-pyrrole nitrogens is 1. The Morgan fingerprint density at radius 2 is 2.00 bits per heavy atom. The molecule has 4 nitrogen and oxygen atoms in total. The van der Waals surface area contributed by atoms with Crippen LogP contribution in [0.4, 0.5) is 4.39 Å². The number of rotatable bonds is 3. The zero-order valence-electron chi connectivity index (χ0n) is 8.91. The molecule has 2 N–H and O–H groups in total. The molecule has 2 rings (SSSR count). The molecule has 1 aromatic carbocycles. The van der Waals surface area contributed by atoms with E-state index in [4.69, 9.17) is 5.11 Å². The maximum atomic E-state index is 13.1. The van der Waals surface area contributed by atoms with Gasteiger partial charge in [0.05, 0.1) is 0 Å². The van der Waals surface area contributed by atoms with E-state index in [1.165, 1.54) is 24.4 Å². The molecule has 6 heteroatoms. The first kappa shape index (κ1) is 12.5. The smallest absolute Gasteiger partial charge is 0.352 e. The first-order valence-corrected chi connectivity index (χ1v) is 5.70. The summed E-state index contributed by atoms with van der Waals surface area (Å²) in [6, 6.07) is 4.95. The Kier molecular flexibility index (Phi) is 3.29. The highest BCUT2D eigenvalue weighted by molar-refractivity contribution is 9.10. The van der Waals surface area contributed by atoms with E-state index in [2.05, 4.69) is 20.9 Å². The van der Waals surface area contributed by atoms with E-state index in [-0.39, 0.29) is 16.8 Å². The van der Waals surface area contributed by atoms with Gasteiger partial charge in [-0.25, -0.2) is 9.18 Å². The molecule has 1 heterocycles. The van der Waals surface area contributed by atoms with E-state index in [0.29, 0.717) is 4.47 Å². The summed E-state index contributed by atoms with van der Waals surface area (Å²) >= 11 is 3.15. The lowest BCUT2D eigenvalue weighted by molar-refractivity contribution is 0.0691. The van der Waals surface area contributed by atoms with Crippen LogP contribution >= 0.6 is 15.9 Å². The van der Waals surface area contributed by atoms with Gasteiger partial charge in [0.1, 0.15) is 11.5 Å². The van der Waals surface area contributed by atoms with Crippen LogP contribution < -0.4 is 0 Å². The third kappa shape index (κ3) is 2.33. The van der Waals surface area contributed by atoms with Crippen LogP contribution in [-0.2, 0) is 0 Å². The first-order chi connectivity index (χ1) is 8.49. The van der Waals surface area contributed by atoms with Crippen LogP contribution in [0.15, 0.2) is 34.9 Å². The molecule has 0 aliphatic carbocycles. The summed E-state index contributed by atoms with van der Waals surface area (Å²) < 4.78 is 13.5. The Morgan fingerprint density at radius 3 is 2.61 bits per heavy atom. The van der Waals surface area contributed by atoms with E-state index in [9.17, 15) is 14.0 Å². The van der Waals surface area contributed by atoms with E-state index in [1.807, 2.05) is 0 Å². The van der Waals surface area contributed by atoms with Gasteiger partial charge < -0.3 is 10.1 Å². The van der Waals surface area contributed by atoms with Crippen molar-refractivity contribution in [2.75, 3.05) is 0 Å². The summed E-state index contributed by atoms with van der Waals surface area (Å²) in [4.78, 5) is 25.2. The van der Waals surface area contributed by atoms with E-state index >= 15 is 0 Å². The fourth-order valence-corrected chi connectivity index (χ4v) is 1.90. The normalized spacial score (nSPS) is 10.3. The maximum absolute atomic E-state index is 13.1. The third-order valence-electron chi connectivity index (χ3n) is 2.35. The van der Waals surface area contributed by atoms with Gasteiger partial charge in [-0.3, -0.25) is 4.79 Å². The maximum Gasteiger partial charge on any atom is 0.352 e. The highest BCUT2D eigenvalue weighted by Crippen LogP contribution is 2.21. The summed E-state index contributed by atoms with van der Waals surface area (Å²) in [7, 11) is 0. The Balaban J connectivity index is 2.41. The Bertz CT molecular complexity index is 636. The first-order valence-electron chi connectivity index (χ1n) is 4.90. The molecular formula is C12H7BrFNO3. The number of halogens is 2. The minimum absolute atomic E-state index is 0.0918. The molecule has 0 aliphatic rings. The van der Waals surface area contributed by atoms with E-state index in [1.54, 1.807) is 0 Å². The highest BCUT2D eigenvalue weighted by atomic mass is 79.9. The predicted octanol–water partition coefficient (Wildman–Crippen LogP) is 2.85. The Hall–Kier alpha value is -1.95. The zero-order valence-corrected chi connectivity index (χ0v) is 10.5. The molecule has 18 heavy (non-hydrogen) atoms. The van der Waals surface area contributed by atoms with Gasteiger partial charge in [-0.05, 0) is 24.3 Å². The number of hydrogen-bond acceptors (Lipinski definition) is 2. The average molecular weight is 312 g/mol. The highest BCUT2D eigenvalue weighted by Gasteiger charge is 2.16. The number of carboxylic acids is 1. The number of aromatic carboxylic acids is 1. The number of ketones is 1. The van der Waals surface area contributed by atoms with Gasteiger partial charge in [0.25, 0.3) is 0 Å².